The van der Waals surface area contributed by atoms with Crippen LogP contribution in [0.3, 0.4) is 0 Å². The van der Waals surface area contributed by atoms with Crippen molar-refractivity contribution in [3.05, 3.63) is 144 Å². The Morgan fingerprint density at radius 1 is 0.868 bits per heavy atom. The van der Waals surface area contributed by atoms with Crippen molar-refractivity contribution in [3.8, 4) is 0 Å². The van der Waals surface area contributed by atoms with E-state index < -0.39 is 26.3 Å². The van der Waals surface area contributed by atoms with Crippen LogP contribution in [0.2, 0.25) is 0 Å². The number of carbonyl (C=O) groups excluding carboxylic acids is 1. The van der Waals surface area contributed by atoms with Gasteiger partial charge in [-0.1, -0.05) is 84.9 Å². The van der Waals surface area contributed by atoms with Gasteiger partial charge < -0.3 is 5.32 Å². The normalized spacial score (nSPS) is 15.9. The van der Waals surface area contributed by atoms with E-state index in [0.717, 1.165) is 17.2 Å². The molecule has 0 aliphatic carbocycles. The molecule has 0 saturated carbocycles. The minimum Gasteiger partial charge on any atom is -0.350 e. The first-order chi connectivity index (χ1) is 18.3. The van der Waals surface area contributed by atoms with Gasteiger partial charge in [0.05, 0.1) is 6.54 Å². The second-order valence-corrected chi connectivity index (χ2v) is 10.6. The van der Waals surface area contributed by atoms with E-state index in [1.807, 2.05) is 79.7 Å². The Hall–Kier alpha value is -4.43. The molecule has 1 heterocycles. The van der Waals surface area contributed by atoms with Gasteiger partial charge in [-0.15, -0.1) is 0 Å². The molecule has 0 spiro atoms. The van der Waals surface area contributed by atoms with Crippen LogP contribution in [0.25, 0.3) is 0 Å². The number of anilines is 1. The predicted molar refractivity (Wildman–Crippen MR) is 145 cm³/mol. The van der Waals surface area contributed by atoms with Gasteiger partial charge in [0.15, 0.2) is 5.54 Å². The van der Waals surface area contributed by atoms with Gasteiger partial charge in [0.25, 0.3) is 15.9 Å². The van der Waals surface area contributed by atoms with Gasteiger partial charge in [-0.2, -0.15) is 0 Å². The fourth-order valence-electron chi connectivity index (χ4n) is 4.73. The summed E-state index contributed by atoms with van der Waals surface area (Å²) in [6, 6.07) is 31.0. The maximum absolute atomic E-state index is 14.2. The summed E-state index contributed by atoms with van der Waals surface area (Å²) < 4.78 is 42.2. The van der Waals surface area contributed by atoms with Crippen LogP contribution in [0.15, 0.2) is 126 Å². The molecule has 0 aromatic heterocycles. The summed E-state index contributed by atoms with van der Waals surface area (Å²) in [5, 5.41) is 3.47. The topological polar surface area (TPSA) is 78.5 Å². The molecular weight excluding hydrogens is 501 g/mol. The first-order valence-corrected chi connectivity index (χ1v) is 13.6. The number of allylic oxidation sites excluding steroid dienone is 1. The monoisotopic (exact) mass is 527 g/mol. The third kappa shape index (κ3) is 4.54. The third-order valence-corrected chi connectivity index (χ3v) is 7.92. The Balaban J connectivity index is 1.48. The number of halogens is 1. The molecule has 1 aliphatic rings. The van der Waals surface area contributed by atoms with Crippen LogP contribution >= 0.6 is 0 Å². The van der Waals surface area contributed by atoms with Crippen molar-refractivity contribution in [2.45, 2.75) is 23.9 Å². The zero-order chi connectivity index (χ0) is 26.8. The standard InChI is InChI=1S/C30H26FN3O3S/c1-2-28-32-30(23-13-5-3-6-14-23,24-15-7-4-8-16-24)29(35)34(28)21-22-12-11-17-25(20-22)33-38(36,37)27-19-10-9-18-26(27)31/h2-20,32-33H,21H2,1H3/b28-2+. The number of hydrogen-bond donors (Lipinski definition) is 2. The van der Waals surface area contributed by atoms with Crippen LogP contribution < -0.4 is 10.0 Å². The molecule has 4 aromatic carbocycles. The van der Waals surface area contributed by atoms with Gasteiger partial charge in [0.2, 0.25) is 0 Å². The average molecular weight is 528 g/mol. The number of hydrogen-bond acceptors (Lipinski definition) is 4. The summed E-state index contributed by atoms with van der Waals surface area (Å²) in [5.74, 6) is -0.346. The van der Waals surface area contributed by atoms with Gasteiger partial charge >= 0.3 is 0 Å². The molecule has 4 aromatic rings. The molecule has 1 fully saturated rings. The number of carbonyl (C=O) groups is 1. The van der Waals surface area contributed by atoms with Gasteiger partial charge in [-0.3, -0.25) is 14.4 Å². The van der Waals surface area contributed by atoms with E-state index in [2.05, 4.69) is 10.0 Å². The molecule has 38 heavy (non-hydrogen) atoms. The maximum Gasteiger partial charge on any atom is 0.264 e. The molecule has 0 bridgehead atoms. The molecule has 0 atom stereocenters. The van der Waals surface area contributed by atoms with Gasteiger partial charge in [0.1, 0.15) is 16.5 Å². The third-order valence-electron chi connectivity index (χ3n) is 6.51. The SMILES string of the molecule is C/C=C1\NC(c2ccccc2)(c2ccccc2)C(=O)N1Cc1cccc(NS(=O)(=O)c2ccccc2F)c1. The number of nitrogens with zero attached hydrogens (tertiary/aromatic N) is 1. The molecule has 2 N–H and O–H groups in total. The number of nitrogens with one attached hydrogen (secondary N) is 2. The van der Waals surface area contributed by atoms with E-state index >= 15 is 0 Å². The molecule has 8 heteroatoms. The lowest BCUT2D eigenvalue weighted by Gasteiger charge is -2.28. The largest absolute Gasteiger partial charge is 0.350 e. The lowest BCUT2D eigenvalue weighted by atomic mass is 9.82. The highest BCUT2D eigenvalue weighted by atomic mass is 32.2. The van der Waals surface area contributed by atoms with Gasteiger partial charge in [-0.25, -0.2) is 12.8 Å². The minimum absolute atomic E-state index is 0.152. The first kappa shape index (κ1) is 25.2. The van der Waals surface area contributed by atoms with E-state index in [9.17, 15) is 17.6 Å². The van der Waals surface area contributed by atoms with Crippen LogP contribution in [0.1, 0.15) is 23.6 Å². The van der Waals surface area contributed by atoms with Crippen molar-refractivity contribution >= 4 is 21.6 Å². The smallest absolute Gasteiger partial charge is 0.264 e. The summed E-state index contributed by atoms with van der Waals surface area (Å²) in [6.45, 7) is 2.05. The van der Waals surface area contributed by atoms with Crippen molar-refractivity contribution in [2.24, 2.45) is 0 Å². The molecule has 0 radical (unpaired) electrons. The van der Waals surface area contributed by atoms with E-state index in [1.54, 1.807) is 23.1 Å². The Kier molecular flexibility index (Phi) is 6.73. The highest BCUT2D eigenvalue weighted by Crippen LogP contribution is 2.39. The highest BCUT2D eigenvalue weighted by molar-refractivity contribution is 7.92. The van der Waals surface area contributed by atoms with E-state index in [0.29, 0.717) is 11.4 Å². The quantitative estimate of drug-likeness (QED) is 0.339. The first-order valence-electron chi connectivity index (χ1n) is 12.1. The molecule has 6 nitrogen and oxygen atoms in total. The van der Waals surface area contributed by atoms with Crippen LogP contribution in [-0.2, 0) is 26.9 Å². The molecule has 1 amide bonds. The lowest BCUT2D eigenvalue weighted by molar-refractivity contribution is -0.131. The molecule has 0 unspecified atom stereocenters. The summed E-state index contributed by atoms with van der Waals surface area (Å²) in [6.07, 6.45) is 1.84. The number of sulfonamides is 1. The van der Waals surface area contributed by atoms with Crippen LogP contribution in [-0.4, -0.2) is 19.2 Å². The van der Waals surface area contributed by atoms with Crippen molar-refractivity contribution < 1.29 is 17.6 Å². The number of amides is 1. The Bertz CT molecular complexity index is 1570. The zero-order valence-electron chi connectivity index (χ0n) is 20.6. The average Bonchev–Trinajstić information content (AvgIpc) is 3.22. The molecule has 1 aliphatic heterocycles. The van der Waals surface area contributed by atoms with Gasteiger partial charge in [-0.05, 0) is 54.0 Å². The Morgan fingerprint density at radius 3 is 2.08 bits per heavy atom. The lowest BCUT2D eigenvalue weighted by Crippen LogP contribution is -2.44. The van der Waals surface area contributed by atoms with Crippen LogP contribution in [0.5, 0.6) is 0 Å². The van der Waals surface area contributed by atoms with Crippen LogP contribution in [0.4, 0.5) is 10.1 Å². The van der Waals surface area contributed by atoms with Crippen molar-refractivity contribution in [3.63, 3.8) is 0 Å². The Labute approximate surface area is 221 Å². The molecular formula is C30H26FN3O3S. The van der Waals surface area contributed by atoms with E-state index in [4.69, 9.17) is 0 Å². The maximum atomic E-state index is 14.2. The summed E-state index contributed by atoms with van der Waals surface area (Å²) >= 11 is 0. The molecule has 1 saturated heterocycles. The van der Waals surface area contributed by atoms with Crippen molar-refractivity contribution in [1.29, 1.82) is 0 Å². The summed E-state index contributed by atoms with van der Waals surface area (Å²) in [5.41, 5.74) is 1.47. The molecule has 192 valence electrons. The molecule has 5 rings (SSSR count). The van der Waals surface area contributed by atoms with Crippen molar-refractivity contribution in [1.82, 2.24) is 10.2 Å². The zero-order valence-corrected chi connectivity index (χ0v) is 21.5. The summed E-state index contributed by atoms with van der Waals surface area (Å²) in [4.78, 5) is 15.4. The Morgan fingerprint density at radius 2 is 1.47 bits per heavy atom. The minimum atomic E-state index is -4.13. The highest BCUT2D eigenvalue weighted by Gasteiger charge is 2.51. The van der Waals surface area contributed by atoms with Crippen molar-refractivity contribution in [2.75, 3.05) is 4.72 Å². The van der Waals surface area contributed by atoms with Crippen LogP contribution in [0, 0.1) is 5.82 Å². The second kappa shape index (κ2) is 10.1. The summed E-state index contributed by atoms with van der Waals surface area (Å²) in [7, 11) is -4.13. The predicted octanol–water partition coefficient (Wildman–Crippen LogP) is 5.36. The fraction of sp³-hybridized carbons (Fsp3) is 0.100. The second-order valence-electron chi connectivity index (χ2n) is 8.91. The number of benzene rings is 4. The van der Waals surface area contributed by atoms with Gasteiger partial charge in [0, 0.05) is 5.69 Å². The van der Waals surface area contributed by atoms with E-state index in [-0.39, 0.29) is 18.1 Å². The van der Waals surface area contributed by atoms with E-state index in [1.165, 1.54) is 18.2 Å². The fourth-order valence-corrected chi connectivity index (χ4v) is 5.86. The number of rotatable bonds is 7.